The van der Waals surface area contributed by atoms with Crippen molar-refractivity contribution in [2.24, 2.45) is 0 Å². The lowest BCUT2D eigenvalue weighted by Gasteiger charge is -2.19. The van der Waals surface area contributed by atoms with E-state index in [9.17, 15) is 0 Å². The summed E-state index contributed by atoms with van der Waals surface area (Å²) in [5.41, 5.74) is 7.33. The molecule has 2 aromatic heterocycles. The van der Waals surface area contributed by atoms with Crippen LogP contribution in [0.4, 0.5) is 0 Å². The van der Waals surface area contributed by atoms with Crippen LogP contribution in [-0.4, -0.2) is 9.97 Å². The molecule has 0 unspecified atom stereocenters. The molecule has 0 amide bonds. The van der Waals surface area contributed by atoms with E-state index in [4.69, 9.17) is 9.97 Å². The number of hydrogen-bond acceptors (Lipinski definition) is 4. The molecule has 0 spiro atoms. The Labute approximate surface area is 198 Å². The third-order valence-corrected chi connectivity index (χ3v) is 8.27. The van der Waals surface area contributed by atoms with Crippen LogP contribution in [0.15, 0.2) is 60.7 Å². The molecule has 0 N–H and O–H groups in total. The quantitative estimate of drug-likeness (QED) is 0.265. The van der Waals surface area contributed by atoms with Gasteiger partial charge in [-0.05, 0) is 34.2 Å². The van der Waals surface area contributed by atoms with Gasteiger partial charge in [-0.2, -0.15) is 0 Å². The fourth-order valence-corrected chi connectivity index (χ4v) is 5.87. The molecule has 2 nitrogen and oxygen atoms in total. The van der Waals surface area contributed by atoms with Gasteiger partial charge < -0.3 is 0 Å². The number of nitrogens with zero attached hydrogens (tertiary/aromatic N) is 2. The molecule has 0 atom stereocenters. The Morgan fingerprint density at radius 2 is 1.09 bits per heavy atom. The number of benzene rings is 3. The fourth-order valence-electron chi connectivity index (χ4n) is 3.76. The van der Waals surface area contributed by atoms with E-state index < -0.39 is 0 Å². The van der Waals surface area contributed by atoms with Gasteiger partial charge in [-0.3, -0.25) is 0 Å². The summed E-state index contributed by atoms with van der Waals surface area (Å²) in [5.74, 6) is 0. The van der Waals surface area contributed by atoms with E-state index in [1.54, 1.807) is 22.7 Å². The molecular formula is C28H28N2S2. The van der Waals surface area contributed by atoms with Crippen LogP contribution in [0.3, 0.4) is 0 Å². The minimum atomic E-state index is 0.0739. The maximum Gasteiger partial charge on any atom is 0.124 e. The second-order valence-corrected chi connectivity index (χ2v) is 12.5. The van der Waals surface area contributed by atoms with Gasteiger partial charge in [0.05, 0.1) is 25.4 Å². The second kappa shape index (κ2) is 7.50. The predicted molar refractivity (Wildman–Crippen MR) is 141 cm³/mol. The topological polar surface area (TPSA) is 25.8 Å². The first-order chi connectivity index (χ1) is 15.1. The molecule has 5 aromatic rings. The lowest BCUT2D eigenvalue weighted by atomic mass is 9.86. The second-order valence-electron chi connectivity index (χ2n) is 10.5. The summed E-state index contributed by atoms with van der Waals surface area (Å²) in [5, 5.41) is 2.24. The molecule has 32 heavy (non-hydrogen) atoms. The van der Waals surface area contributed by atoms with Crippen LogP contribution in [-0.2, 0) is 10.8 Å². The number of aromatic nitrogens is 2. The average molecular weight is 457 g/mol. The SMILES string of the molecule is CC(C)(C)c1ccc(-c2ccc(-c3nc4cc5nc(C(C)(C)C)sc5cc4s3)cc2)cc1. The maximum absolute atomic E-state index is 4.93. The van der Waals surface area contributed by atoms with Gasteiger partial charge in [0.15, 0.2) is 0 Å². The van der Waals surface area contributed by atoms with Crippen molar-refractivity contribution in [1.29, 1.82) is 0 Å². The standard InChI is InChI=1S/C28H28N2S2/c1-27(2,3)20-13-11-18(12-14-20)17-7-9-19(10-8-17)25-29-21-15-22-24(16-23(21)31-25)32-26(30-22)28(4,5)6/h7-16H,1-6H3. The Hall–Kier alpha value is -2.56. The summed E-state index contributed by atoms with van der Waals surface area (Å²) >= 11 is 3.55. The van der Waals surface area contributed by atoms with Crippen LogP contribution < -0.4 is 0 Å². The van der Waals surface area contributed by atoms with Gasteiger partial charge in [-0.25, -0.2) is 9.97 Å². The summed E-state index contributed by atoms with van der Waals surface area (Å²) < 4.78 is 2.46. The highest BCUT2D eigenvalue weighted by molar-refractivity contribution is 7.22. The smallest absolute Gasteiger partial charge is 0.124 e. The number of hydrogen-bond donors (Lipinski definition) is 0. The monoisotopic (exact) mass is 456 g/mol. The van der Waals surface area contributed by atoms with Crippen LogP contribution in [0.2, 0.25) is 0 Å². The van der Waals surface area contributed by atoms with Crippen molar-refractivity contribution >= 4 is 43.1 Å². The summed E-state index contributed by atoms with van der Waals surface area (Å²) in [7, 11) is 0. The van der Waals surface area contributed by atoms with Crippen molar-refractivity contribution in [3.63, 3.8) is 0 Å². The van der Waals surface area contributed by atoms with E-state index in [2.05, 4.69) is 102 Å². The van der Waals surface area contributed by atoms with Crippen LogP contribution in [0.25, 0.3) is 42.1 Å². The van der Waals surface area contributed by atoms with E-state index in [0.29, 0.717) is 0 Å². The van der Waals surface area contributed by atoms with Crippen molar-refractivity contribution in [2.45, 2.75) is 52.4 Å². The largest absolute Gasteiger partial charge is 0.241 e. The third kappa shape index (κ3) is 3.98. The van der Waals surface area contributed by atoms with Gasteiger partial charge >= 0.3 is 0 Å². The van der Waals surface area contributed by atoms with Gasteiger partial charge in [0, 0.05) is 11.0 Å². The highest BCUT2D eigenvalue weighted by Gasteiger charge is 2.20. The first kappa shape index (κ1) is 21.3. The van der Waals surface area contributed by atoms with Crippen molar-refractivity contribution in [3.05, 3.63) is 71.2 Å². The van der Waals surface area contributed by atoms with E-state index in [-0.39, 0.29) is 10.8 Å². The zero-order chi connectivity index (χ0) is 22.7. The molecule has 0 radical (unpaired) electrons. The zero-order valence-corrected chi connectivity index (χ0v) is 21.1. The van der Waals surface area contributed by atoms with E-state index >= 15 is 0 Å². The molecule has 4 heteroatoms. The van der Waals surface area contributed by atoms with Crippen LogP contribution >= 0.6 is 22.7 Å². The molecule has 3 aromatic carbocycles. The fraction of sp³-hybridized carbons (Fsp3) is 0.286. The Morgan fingerprint density at radius 3 is 1.69 bits per heavy atom. The molecule has 0 aliphatic carbocycles. The highest BCUT2D eigenvalue weighted by atomic mass is 32.1. The Balaban J connectivity index is 1.45. The van der Waals surface area contributed by atoms with Crippen molar-refractivity contribution in [1.82, 2.24) is 9.97 Å². The minimum Gasteiger partial charge on any atom is -0.241 e. The number of fused-ring (bicyclic) bond motifs is 2. The lowest BCUT2D eigenvalue weighted by molar-refractivity contribution is 0.587. The number of thiazole rings is 2. The molecule has 0 saturated carbocycles. The molecular weight excluding hydrogens is 428 g/mol. The van der Waals surface area contributed by atoms with E-state index in [0.717, 1.165) is 21.6 Å². The zero-order valence-electron chi connectivity index (χ0n) is 19.5. The molecule has 0 aliphatic heterocycles. The lowest BCUT2D eigenvalue weighted by Crippen LogP contribution is -2.10. The molecule has 0 fully saturated rings. The summed E-state index contributed by atoms with van der Waals surface area (Å²) in [6, 6.07) is 22.1. The molecule has 2 heterocycles. The Bertz CT molecular complexity index is 1360. The average Bonchev–Trinajstić information content (AvgIpc) is 3.34. The third-order valence-electron chi connectivity index (χ3n) is 5.76. The summed E-state index contributed by atoms with van der Waals surface area (Å²) in [6.07, 6.45) is 0. The van der Waals surface area contributed by atoms with Gasteiger partial charge in [-0.15, -0.1) is 22.7 Å². The highest BCUT2D eigenvalue weighted by Crippen LogP contribution is 2.37. The Kier molecular flexibility index (Phi) is 4.99. The van der Waals surface area contributed by atoms with E-state index in [1.165, 1.54) is 31.1 Å². The van der Waals surface area contributed by atoms with Crippen LogP contribution in [0, 0.1) is 0 Å². The van der Waals surface area contributed by atoms with Gasteiger partial charge in [-0.1, -0.05) is 90.1 Å². The summed E-state index contributed by atoms with van der Waals surface area (Å²) in [4.78, 5) is 9.79. The van der Waals surface area contributed by atoms with Gasteiger partial charge in [0.2, 0.25) is 0 Å². The van der Waals surface area contributed by atoms with Crippen molar-refractivity contribution < 1.29 is 0 Å². The Morgan fingerprint density at radius 1 is 0.562 bits per heavy atom. The molecule has 0 aliphatic rings. The summed E-state index contributed by atoms with van der Waals surface area (Å²) in [6.45, 7) is 13.4. The van der Waals surface area contributed by atoms with Gasteiger partial charge in [0.25, 0.3) is 0 Å². The first-order valence-corrected chi connectivity index (χ1v) is 12.6. The molecule has 5 rings (SSSR count). The molecule has 162 valence electrons. The normalized spacial score (nSPS) is 12.7. The van der Waals surface area contributed by atoms with Gasteiger partial charge in [0.1, 0.15) is 5.01 Å². The minimum absolute atomic E-state index is 0.0739. The maximum atomic E-state index is 4.93. The first-order valence-electron chi connectivity index (χ1n) is 11.0. The molecule has 0 saturated heterocycles. The predicted octanol–water partition coefficient (Wildman–Crippen LogP) is 8.84. The van der Waals surface area contributed by atoms with E-state index in [1.807, 2.05) is 0 Å². The van der Waals surface area contributed by atoms with Crippen molar-refractivity contribution in [3.8, 4) is 21.7 Å². The number of rotatable bonds is 2. The van der Waals surface area contributed by atoms with Crippen LogP contribution in [0.1, 0.15) is 52.1 Å². The van der Waals surface area contributed by atoms with Crippen molar-refractivity contribution in [2.75, 3.05) is 0 Å². The molecule has 0 bridgehead atoms. The van der Waals surface area contributed by atoms with Crippen LogP contribution in [0.5, 0.6) is 0 Å².